The molecule has 1 aliphatic heterocycles. The topological polar surface area (TPSA) is 59.4 Å². The van der Waals surface area contributed by atoms with Crippen LogP contribution in [0.2, 0.25) is 5.02 Å². The van der Waals surface area contributed by atoms with Gasteiger partial charge in [-0.2, -0.15) is 5.10 Å². The second-order valence-electron chi connectivity index (χ2n) is 7.61. The third-order valence-electron chi connectivity index (χ3n) is 4.84. The molecule has 1 amide bonds. The van der Waals surface area contributed by atoms with Crippen LogP contribution in [0.25, 0.3) is 5.69 Å². The molecule has 0 spiro atoms. The van der Waals surface area contributed by atoms with Crippen molar-refractivity contribution in [2.75, 3.05) is 32.8 Å². The van der Waals surface area contributed by atoms with Crippen LogP contribution in [0.15, 0.2) is 30.5 Å². The van der Waals surface area contributed by atoms with Crippen LogP contribution in [0, 0.1) is 5.92 Å². The van der Waals surface area contributed by atoms with E-state index in [0.717, 1.165) is 31.0 Å². The summed E-state index contributed by atoms with van der Waals surface area (Å²) < 4.78 is 7.61. The molecule has 28 heavy (non-hydrogen) atoms. The molecule has 2 heterocycles. The van der Waals surface area contributed by atoms with Gasteiger partial charge in [0.15, 0.2) is 0 Å². The predicted octanol–water partition coefficient (Wildman–Crippen LogP) is 3.17. The molecule has 1 saturated heterocycles. The fraction of sp³-hybridized carbons (Fsp3) is 0.524. The van der Waals surface area contributed by atoms with E-state index in [1.54, 1.807) is 10.9 Å². The summed E-state index contributed by atoms with van der Waals surface area (Å²) in [6.45, 7) is 10.5. The zero-order valence-corrected chi connectivity index (χ0v) is 17.6. The van der Waals surface area contributed by atoms with Gasteiger partial charge >= 0.3 is 0 Å². The van der Waals surface area contributed by atoms with Crippen LogP contribution in [0.3, 0.4) is 0 Å². The minimum atomic E-state index is -0.116. The number of carbonyl (C=O) groups is 1. The third kappa shape index (κ3) is 5.13. The number of benzene rings is 1. The highest BCUT2D eigenvalue weighted by Gasteiger charge is 2.23. The lowest BCUT2D eigenvalue weighted by Crippen LogP contribution is -2.48. The Labute approximate surface area is 171 Å². The van der Waals surface area contributed by atoms with Crippen molar-refractivity contribution >= 4 is 17.5 Å². The third-order valence-corrected chi connectivity index (χ3v) is 5.07. The van der Waals surface area contributed by atoms with Gasteiger partial charge < -0.3 is 10.1 Å². The van der Waals surface area contributed by atoms with Crippen molar-refractivity contribution in [1.82, 2.24) is 20.0 Å². The molecule has 2 aromatic rings. The maximum Gasteiger partial charge on any atom is 0.254 e. The molecule has 0 radical (unpaired) electrons. The lowest BCUT2D eigenvalue weighted by atomic mass is 10.1. The molecule has 7 heteroatoms. The van der Waals surface area contributed by atoms with E-state index in [2.05, 4.69) is 29.2 Å². The number of aromatic nitrogens is 2. The van der Waals surface area contributed by atoms with E-state index >= 15 is 0 Å². The molecular weight excluding hydrogens is 376 g/mol. The molecule has 0 aliphatic carbocycles. The first-order valence-corrected chi connectivity index (χ1v) is 10.3. The number of ether oxygens (including phenoxy) is 1. The molecule has 1 fully saturated rings. The number of hydrogen-bond donors (Lipinski definition) is 1. The normalized spacial score (nSPS) is 17.8. The average molecular weight is 405 g/mol. The Hall–Kier alpha value is -1.89. The van der Waals surface area contributed by atoms with E-state index in [-0.39, 0.29) is 12.0 Å². The molecule has 0 bridgehead atoms. The minimum Gasteiger partial charge on any atom is -0.374 e. The van der Waals surface area contributed by atoms with E-state index < -0.39 is 0 Å². The van der Waals surface area contributed by atoms with E-state index in [9.17, 15) is 4.79 Å². The Morgan fingerprint density at radius 1 is 1.43 bits per heavy atom. The van der Waals surface area contributed by atoms with E-state index in [0.29, 0.717) is 36.1 Å². The summed E-state index contributed by atoms with van der Waals surface area (Å²) in [6, 6.07) is 7.47. The molecule has 0 unspecified atom stereocenters. The van der Waals surface area contributed by atoms with Crippen LogP contribution < -0.4 is 5.32 Å². The van der Waals surface area contributed by atoms with Crippen molar-refractivity contribution in [3.63, 3.8) is 0 Å². The van der Waals surface area contributed by atoms with Crippen LogP contribution >= 0.6 is 11.6 Å². The van der Waals surface area contributed by atoms with E-state index in [4.69, 9.17) is 16.3 Å². The first-order valence-electron chi connectivity index (χ1n) is 9.93. The van der Waals surface area contributed by atoms with Crippen LogP contribution in [-0.2, 0) is 11.2 Å². The number of morpholine rings is 1. The molecule has 152 valence electrons. The summed E-state index contributed by atoms with van der Waals surface area (Å²) in [5, 5.41) is 8.08. The predicted molar refractivity (Wildman–Crippen MR) is 111 cm³/mol. The Morgan fingerprint density at radius 2 is 2.25 bits per heavy atom. The van der Waals surface area contributed by atoms with Crippen LogP contribution in [0.5, 0.6) is 0 Å². The number of nitrogens with one attached hydrogen (secondary N) is 1. The lowest BCUT2D eigenvalue weighted by molar-refractivity contribution is -0.0295. The summed E-state index contributed by atoms with van der Waals surface area (Å²) >= 11 is 6.10. The molecule has 1 aliphatic rings. The van der Waals surface area contributed by atoms with E-state index in [1.165, 1.54) is 0 Å². The van der Waals surface area contributed by atoms with Gasteiger partial charge in [0.25, 0.3) is 5.91 Å². The average Bonchev–Trinajstić information content (AvgIpc) is 3.10. The number of carbonyl (C=O) groups excluding carboxylic acids is 1. The van der Waals surface area contributed by atoms with Gasteiger partial charge in [-0.05, 0) is 30.5 Å². The van der Waals surface area contributed by atoms with Crippen molar-refractivity contribution in [1.29, 1.82) is 0 Å². The Balaban J connectivity index is 1.65. The summed E-state index contributed by atoms with van der Waals surface area (Å²) in [4.78, 5) is 15.2. The molecule has 1 atom stereocenters. The van der Waals surface area contributed by atoms with Crippen molar-refractivity contribution in [2.24, 2.45) is 5.92 Å². The maximum absolute atomic E-state index is 12.8. The Kier molecular flexibility index (Phi) is 7.10. The van der Waals surface area contributed by atoms with Gasteiger partial charge in [0, 0.05) is 31.2 Å². The smallest absolute Gasteiger partial charge is 0.254 e. The van der Waals surface area contributed by atoms with Crippen molar-refractivity contribution < 1.29 is 9.53 Å². The summed E-state index contributed by atoms with van der Waals surface area (Å²) in [6.07, 6.45) is 2.34. The van der Waals surface area contributed by atoms with Crippen molar-refractivity contribution in [3.05, 3.63) is 46.7 Å². The molecule has 3 rings (SSSR count). The van der Waals surface area contributed by atoms with Gasteiger partial charge in [-0.3, -0.25) is 9.69 Å². The fourth-order valence-corrected chi connectivity index (χ4v) is 3.81. The second kappa shape index (κ2) is 9.54. The van der Waals surface area contributed by atoms with Gasteiger partial charge in [-0.1, -0.05) is 38.4 Å². The van der Waals surface area contributed by atoms with Crippen LogP contribution in [0.4, 0.5) is 0 Å². The zero-order chi connectivity index (χ0) is 20.1. The van der Waals surface area contributed by atoms with E-state index in [1.807, 2.05) is 31.2 Å². The standard InChI is InChI=1S/C21H29ClN4O2/c1-4-20-19(12-24-26(20)17-7-5-6-16(22)10-17)21(27)23-11-18-14-25(8-9-28-18)13-15(2)3/h5-7,10,12,15,18H,4,8-9,11,13-14H2,1-3H3,(H,23,27)/t18-/m0/s1. The Morgan fingerprint density at radius 3 is 2.96 bits per heavy atom. The summed E-state index contributed by atoms with van der Waals surface area (Å²) in [5.74, 6) is 0.507. The zero-order valence-electron chi connectivity index (χ0n) is 16.8. The first kappa shape index (κ1) is 20.8. The van der Waals surface area contributed by atoms with Gasteiger partial charge in [0.1, 0.15) is 0 Å². The van der Waals surface area contributed by atoms with Crippen LogP contribution in [-0.4, -0.2) is 59.5 Å². The lowest BCUT2D eigenvalue weighted by Gasteiger charge is -2.33. The quantitative estimate of drug-likeness (QED) is 0.770. The summed E-state index contributed by atoms with van der Waals surface area (Å²) in [5.41, 5.74) is 2.31. The fourth-order valence-electron chi connectivity index (χ4n) is 3.62. The molecule has 1 aromatic heterocycles. The van der Waals surface area contributed by atoms with Crippen molar-refractivity contribution in [2.45, 2.75) is 33.3 Å². The number of rotatable bonds is 7. The monoisotopic (exact) mass is 404 g/mol. The van der Waals surface area contributed by atoms with Gasteiger partial charge in [-0.15, -0.1) is 0 Å². The number of halogens is 1. The van der Waals surface area contributed by atoms with Crippen molar-refractivity contribution in [3.8, 4) is 5.69 Å². The number of amides is 1. The molecule has 6 nitrogen and oxygen atoms in total. The largest absolute Gasteiger partial charge is 0.374 e. The minimum absolute atomic E-state index is 0.0181. The highest BCUT2D eigenvalue weighted by Crippen LogP contribution is 2.19. The molecule has 0 saturated carbocycles. The molecule has 1 N–H and O–H groups in total. The highest BCUT2D eigenvalue weighted by molar-refractivity contribution is 6.30. The number of nitrogens with zero attached hydrogens (tertiary/aromatic N) is 3. The van der Waals surface area contributed by atoms with Crippen LogP contribution in [0.1, 0.15) is 36.8 Å². The SMILES string of the molecule is CCc1c(C(=O)NC[C@H]2CN(CC(C)C)CCO2)cnn1-c1cccc(Cl)c1. The number of hydrogen-bond acceptors (Lipinski definition) is 4. The first-order chi connectivity index (χ1) is 13.5. The summed E-state index contributed by atoms with van der Waals surface area (Å²) in [7, 11) is 0. The van der Waals surface area contributed by atoms with Gasteiger partial charge in [0.05, 0.1) is 35.9 Å². The van der Waals surface area contributed by atoms with Gasteiger partial charge in [0.2, 0.25) is 0 Å². The van der Waals surface area contributed by atoms with Gasteiger partial charge in [-0.25, -0.2) is 4.68 Å². The highest BCUT2D eigenvalue weighted by atomic mass is 35.5. The second-order valence-corrected chi connectivity index (χ2v) is 8.04. The maximum atomic E-state index is 12.8. The molecular formula is C21H29ClN4O2. The Bertz CT molecular complexity index is 805. The molecule has 1 aromatic carbocycles.